The first-order chi connectivity index (χ1) is 13.0. The number of halogens is 1. The largest absolute Gasteiger partial charge is 0.475 e. The molecule has 2 heterocycles. The summed E-state index contributed by atoms with van der Waals surface area (Å²) in [5, 5.41) is 0.679. The van der Waals surface area contributed by atoms with Gasteiger partial charge in [-0.05, 0) is 30.7 Å². The van der Waals surface area contributed by atoms with Gasteiger partial charge in [-0.1, -0.05) is 41.9 Å². The lowest BCUT2D eigenvalue weighted by Crippen LogP contribution is -2.32. The molecule has 4 rings (SSSR count). The maximum absolute atomic E-state index is 13.0. The lowest BCUT2D eigenvalue weighted by Gasteiger charge is -2.20. The fraction of sp³-hybridized carbons (Fsp3) is 0.150. The van der Waals surface area contributed by atoms with E-state index in [1.807, 2.05) is 48.5 Å². The number of carbonyl (C=O) groups excluding carboxylic acids is 1. The molecule has 0 saturated carbocycles. The maximum atomic E-state index is 13.0. The molecule has 27 heavy (non-hydrogen) atoms. The molecular formula is C20H17ClN4O2. The fourth-order valence-electron chi connectivity index (χ4n) is 3.11. The Balaban J connectivity index is 1.69. The number of amides is 1. The average Bonchev–Trinajstić information content (AvgIpc) is 2.81. The number of nitrogen functional groups attached to an aromatic ring is 1. The van der Waals surface area contributed by atoms with Crippen molar-refractivity contribution in [3.63, 3.8) is 0 Å². The smallest absolute Gasteiger partial charge is 0.267 e. The highest BCUT2D eigenvalue weighted by Crippen LogP contribution is 2.31. The number of rotatable bonds is 2. The van der Waals surface area contributed by atoms with E-state index in [2.05, 4.69) is 9.97 Å². The molecule has 0 saturated heterocycles. The van der Waals surface area contributed by atoms with Crippen molar-refractivity contribution in [1.29, 1.82) is 0 Å². The first kappa shape index (κ1) is 17.3. The highest BCUT2D eigenvalue weighted by atomic mass is 35.5. The van der Waals surface area contributed by atoms with Gasteiger partial charge in [-0.3, -0.25) is 4.79 Å². The Bertz CT molecular complexity index is 1020. The van der Waals surface area contributed by atoms with Crippen molar-refractivity contribution >= 4 is 29.0 Å². The van der Waals surface area contributed by atoms with Crippen molar-refractivity contribution in [3.8, 4) is 17.0 Å². The van der Waals surface area contributed by atoms with Gasteiger partial charge in [0.2, 0.25) is 5.88 Å². The highest BCUT2D eigenvalue weighted by Gasteiger charge is 2.29. The van der Waals surface area contributed by atoms with Crippen LogP contribution in [0.2, 0.25) is 5.02 Å². The number of anilines is 2. The molecule has 1 aliphatic heterocycles. The molecule has 0 bridgehead atoms. The van der Waals surface area contributed by atoms with Crippen molar-refractivity contribution < 1.29 is 9.53 Å². The summed E-state index contributed by atoms with van der Waals surface area (Å²) in [5.41, 5.74) is 8.82. The molecule has 1 aromatic heterocycles. The third-order valence-electron chi connectivity index (χ3n) is 4.39. The van der Waals surface area contributed by atoms with E-state index in [1.54, 1.807) is 11.8 Å². The highest BCUT2D eigenvalue weighted by molar-refractivity contribution is 6.33. The molecule has 0 unspecified atom stereocenters. The molecule has 3 aromatic rings. The number of nitrogens with two attached hydrogens (primary N) is 1. The number of hydrogen-bond acceptors (Lipinski definition) is 5. The Hall–Kier alpha value is -3.12. The van der Waals surface area contributed by atoms with Gasteiger partial charge in [-0.25, -0.2) is 4.98 Å². The zero-order valence-electron chi connectivity index (χ0n) is 14.6. The fourth-order valence-corrected chi connectivity index (χ4v) is 3.35. The van der Waals surface area contributed by atoms with E-state index >= 15 is 0 Å². The van der Waals surface area contributed by atoms with Crippen LogP contribution in [0.5, 0.6) is 5.88 Å². The zero-order valence-corrected chi connectivity index (χ0v) is 15.4. The van der Waals surface area contributed by atoms with Crippen LogP contribution in [0, 0.1) is 6.92 Å². The zero-order chi connectivity index (χ0) is 19.0. The molecule has 0 atom stereocenters. The number of fused-ring (bicyclic) bond motifs is 1. The van der Waals surface area contributed by atoms with Crippen LogP contribution in [0.15, 0.2) is 48.5 Å². The van der Waals surface area contributed by atoms with E-state index in [-0.39, 0.29) is 23.2 Å². The quantitative estimate of drug-likeness (QED) is 0.732. The van der Waals surface area contributed by atoms with Crippen LogP contribution in [0.4, 0.5) is 11.5 Å². The molecular weight excluding hydrogens is 364 g/mol. The van der Waals surface area contributed by atoms with Crippen LogP contribution in [0.3, 0.4) is 0 Å². The minimum absolute atomic E-state index is 0.127. The lowest BCUT2D eigenvalue weighted by atomic mass is 10.0. The minimum atomic E-state index is -0.273. The molecule has 0 fully saturated rings. The Labute approximate surface area is 161 Å². The predicted octanol–water partition coefficient (Wildman–Crippen LogP) is 3.73. The van der Waals surface area contributed by atoms with Gasteiger partial charge in [0.05, 0.1) is 6.54 Å². The Morgan fingerprint density at radius 3 is 2.59 bits per heavy atom. The van der Waals surface area contributed by atoms with E-state index < -0.39 is 0 Å². The molecule has 0 radical (unpaired) electrons. The lowest BCUT2D eigenvalue weighted by molar-refractivity contribution is 0.0990. The summed E-state index contributed by atoms with van der Waals surface area (Å²) in [5.74, 6) is 0.560. The molecule has 0 spiro atoms. The third kappa shape index (κ3) is 3.19. The first-order valence-corrected chi connectivity index (χ1v) is 8.86. The molecule has 136 valence electrons. The molecule has 1 amide bonds. The summed E-state index contributed by atoms with van der Waals surface area (Å²) >= 11 is 6.27. The molecule has 6 nitrogen and oxygen atoms in total. The standard InChI is InChI=1S/C20H17ClN4O2/c1-12-23-18(22)17-19(24-12)27-11-10-25(20(17)26)14-8-6-13(7-9-14)15-4-2-3-5-16(15)21/h2-9H,10-11H2,1H3,(H2,22,23,24). The third-order valence-corrected chi connectivity index (χ3v) is 4.72. The van der Waals surface area contributed by atoms with Gasteiger partial charge in [0.1, 0.15) is 23.8 Å². The monoisotopic (exact) mass is 380 g/mol. The van der Waals surface area contributed by atoms with Gasteiger partial charge < -0.3 is 15.4 Å². The van der Waals surface area contributed by atoms with Crippen LogP contribution < -0.4 is 15.4 Å². The number of nitrogens with zero attached hydrogens (tertiary/aromatic N) is 3. The van der Waals surface area contributed by atoms with Gasteiger partial charge in [-0.2, -0.15) is 4.98 Å². The average molecular weight is 381 g/mol. The van der Waals surface area contributed by atoms with Crippen molar-refractivity contribution in [1.82, 2.24) is 9.97 Å². The van der Waals surface area contributed by atoms with Gasteiger partial charge in [0.25, 0.3) is 5.91 Å². The summed E-state index contributed by atoms with van der Waals surface area (Å²) < 4.78 is 5.63. The molecule has 0 aliphatic carbocycles. The van der Waals surface area contributed by atoms with Gasteiger partial charge in [-0.15, -0.1) is 0 Å². The summed E-state index contributed by atoms with van der Waals surface area (Å²) in [6.07, 6.45) is 0. The van der Waals surface area contributed by atoms with Crippen molar-refractivity contribution in [2.75, 3.05) is 23.8 Å². The maximum Gasteiger partial charge on any atom is 0.267 e. The summed E-state index contributed by atoms with van der Waals surface area (Å²) in [6.45, 7) is 2.42. The van der Waals surface area contributed by atoms with E-state index in [1.165, 1.54) is 0 Å². The second kappa shape index (κ2) is 6.89. The SMILES string of the molecule is Cc1nc(N)c2c(n1)OCCN(c1ccc(-c3ccccc3Cl)cc1)C2=O. The molecule has 1 aliphatic rings. The number of ether oxygens (including phenoxy) is 1. The number of carbonyl (C=O) groups is 1. The Kier molecular flexibility index (Phi) is 4.41. The Morgan fingerprint density at radius 1 is 1.11 bits per heavy atom. The van der Waals surface area contributed by atoms with Crippen LogP contribution in [0.1, 0.15) is 16.2 Å². The van der Waals surface area contributed by atoms with E-state index in [4.69, 9.17) is 22.1 Å². The van der Waals surface area contributed by atoms with Crippen LogP contribution in [-0.2, 0) is 0 Å². The van der Waals surface area contributed by atoms with Gasteiger partial charge in [0.15, 0.2) is 0 Å². The number of aromatic nitrogens is 2. The summed E-state index contributed by atoms with van der Waals surface area (Å²) in [4.78, 5) is 23.0. The van der Waals surface area contributed by atoms with E-state index in [0.717, 1.165) is 16.8 Å². The number of benzene rings is 2. The van der Waals surface area contributed by atoms with Crippen LogP contribution in [0.25, 0.3) is 11.1 Å². The second-order valence-corrected chi connectivity index (χ2v) is 6.58. The van der Waals surface area contributed by atoms with Crippen LogP contribution in [-0.4, -0.2) is 29.0 Å². The second-order valence-electron chi connectivity index (χ2n) is 6.17. The summed E-state index contributed by atoms with van der Waals surface area (Å²) in [7, 11) is 0. The van der Waals surface area contributed by atoms with E-state index in [9.17, 15) is 4.79 Å². The molecule has 2 aromatic carbocycles. The molecule has 7 heteroatoms. The number of aryl methyl sites for hydroxylation is 1. The molecule has 2 N–H and O–H groups in total. The van der Waals surface area contributed by atoms with Crippen LogP contribution >= 0.6 is 11.6 Å². The van der Waals surface area contributed by atoms with Gasteiger partial charge >= 0.3 is 0 Å². The summed E-state index contributed by atoms with van der Waals surface area (Å²) in [6, 6.07) is 15.3. The first-order valence-electron chi connectivity index (χ1n) is 8.48. The van der Waals surface area contributed by atoms with Crippen molar-refractivity contribution in [3.05, 3.63) is 64.9 Å². The predicted molar refractivity (Wildman–Crippen MR) is 105 cm³/mol. The van der Waals surface area contributed by atoms with E-state index in [0.29, 0.717) is 24.0 Å². The van der Waals surface area contributed by atoms with Gasteiger partial charge in [0, 0.05) is 16.3 Å². The minimum Gasteiger partial charge on any atom is -0.475 e. The van der Waals surface area contributed by atoms with Crippen molar-refractivity contribution in [2.24, 2.45) is 0 Å². The normalized spacial score (nSPS) is 13.7. The number of hydrogen-bond donors (Lipinski definition) is 1. The topological polar surface area (TPSA) is 81.3 Å². The Morgan fingerprint density at radius 2 is 1.85 bits per heavy atom. The van der Waals surface area contributed by atoms with Crippen molar-refractivity contribution in [2.45, 2.75) is 6.92 Å².